The van der Waals surface area contributed by atoms with Crippen molar-refractivity contribution in [1.29, 1.82) is 5.26 Å². The molecule has 0 unspecified atom stereocenters. The summed E-state index contributed by atoms with van der Waals surface area (Å²) >= 11 is 0. The second kappa shape index (κ2) is 4.61. The number of benzene rings is 1. The molecule has 0 aliphatic rings. The molecule has 0 bridgehead atoms. The van der Waals surface area contributed by atoms with E-state index in [1.165, 1.54) is 12.1 Å². The highest BCUT2D eigenvalue weighted by atomic mass is 19.1. The van der Waals surface area contributed by atoms with Gasteiger partial charge in [0.2, 0.25) is 0 Å². The van der Waals surface area contributed by atoms with Crippen molar-refractivity contribution in [2.24, 2.45) is 5.92 Å². The molecule has 3 heteroatoms. The fraction of sp³-hybridized carbons (Fsp3) is 0.364. The zero-order chi connectivity index (χ0) is 10.6. The maximum Gasteiger partial charge on any atom is 0.141 e. The summed E-state index contributed by atoms with van der Waals surface area (Å²) in [5.74, 6) is 0.0492. The smallest absolute Gasteiger partial charge is 0.141 e. The van der Waals surface area contributed by atoms with Crippen LogP contribution in [0.3, 0.4) is 0 Å². The van der Waals surface area contributed by atoms with Gasteiger partial charge in [0.05, 0.1) is 5.56 Å². The number of rotatable bonds is 3. The van der Waals surface area contributed by atoms with Gasteiger partial charge in [-0.05, 0) is 24.1 Å². The Labute approximate surface area is 83.4 Å². The molecule has 2 nitrogen and oxygen atoms in total. The van der Waals surface area contributed by atoms with Crippen LogP contribution >= 0.6 is 0 Å². The molecule has 0 aromatic heterocycles. The van der Waals surface area contributed by atoms with E-state index in [4.69, 9.17) is 5.26 Å². The Morgan fingerprint density at radius 3 is 2.79 bits per heavy atom. The van der Waals surface area contributed by atoms with Crippen molar-refractivity contribution >= 4 is 5.69 Å². The van der Waals surface area contributed by atoms with Crippen LogP contribution in [-0.4, -0.2) is 6.54 Å². The predicted molar refractivity (Wildman–Crippen MR) is 54.4 cm³/mol. The van der Waals surface area contributed by atoms with E-state index in [0.29, 0.717) is 5.92 Å². The second-order valence-electron chi connectivity index (χ2n) is 3.58. The third-order valence-electron chi connectivity index (χ3n) is 1.80. The Morgan fingerprint density at radius 2 is 2.21 bits per heavy atom. The van der Waals surface area contributed by atoms with Gasteiger partial charge in [0.25, 0.3) is 0 Å². The van der Waals surface area contributed by atoms with Crippen LogP contribution in [0.4, 0.5) is 10.1 Å². The maximum absolute atomic E-state index is 12.9. The minimum Gasteiger partial charge on any atom is -0.385 e. The van der Waals surface area contributed by atoms with E-state index >= 15 is 0 Å². The standard InChI is InChI=1S/C11H13FN2/c1-8(2)7-14-10-3-4-11(12)9(5-10)6-13/h3-5,8,14H,7H2,1-2H3. The molecule has 1 aromatic rings. The summed E-state index contributed by atoms with van der Waals surface area (Å²) in [5.41, 5.74) is 0.871. The molecule has 74 valence electrons. The first kappa shape index (κ1) is 10.5. The highest BCUT2D eigenvalue weighted by Gasteiger charge is 2.02. The van der Waals surface area contributed by atoms with Gasteiger partial charge in [-0.3, -0.25) is 0 Å². The van der Waals surface area contributed by atoms with E-state index in [1.54, 1.807) is 6.07 Å². The molecule has 0 saturated carbocycles. The van der Waals surface area contributed by atoms with Gasteiger partial charge < -0.3 is 5.32 Å². The lowest BCUT2D eigenvalue weighted by molar-refractivity contribution is 0.624. The number of nitriles is 1. The summed E-state index contributed by atoms with van der Waals surface area (Å²) in [6.45, 7) is 4.99. The van der Waals surface area contributed by atoms with Crippen molar-refractivity contribution in [2.75, 3.05) is 11.9 Å². The fourth-order valence-corrected chi connectivity index (χ4v) is 1.04. The monoisotopic (exact) mass is 192 g/mol. The SMILES string of the molecule is CC(C)CNc1ccc(F)c(C#N)c1. The molecular weight excluding hydrogens is 179 g/mol. The second-order valence-corrected chi connectivity index (χ2v) is 3.58. The van der Waals surface area contributed by atoms with Crippen LogP contribution in [0.5, 0.6) is 0 Å². The van der Waals surface area contributed by atoms with Crippen LogP contribution in [0.25, 0.3) is 0 Å². The average Bonchev–Trinajstić information content (AvgIpc) is 2.16. The van der Waals surface area contributed by atoms with E-state index < -0.39 is 5.82 Å². The topological polar surface area (TPSA) is 35.8 Å². The molecule has 0 heterocycles. The Bertz CT molecular complexity index is 353. The van der Waals surface area contributed by atoms with Crippen molar-refractivity contribution in [3.8, 4) is 6.07 Å². The van der Waals surface area contributed by atoms with Gasteiger partial charge in [0.1, 0.15) is 11.9 Å². The molecular formula is C11H13FN2. The molecule has 0 fully saturated rings. The first-order valence-electron chi connectivity index (χ1n) is 4.57. The molecule has 1 rings (SSSR count). The number of halogens is 1. The van der Waals surface area contributed by atoms with Gasteiger partial charge >= 0.3 is 0 Å². The Balaban J connectivity index is 2.76. The highest BCUT2D eigenvalue weighted by Crippen LogP contribution is 2.14. The molecule has 0 aliphatic carbocycles. The molecule has 0 radical (unpaired) electrons. The lowest BCUT2D eigenvalue weighted by atomic mass is 10.2. The third kappa shape index (κ3) is 2.74. The number of hydrogen-bond acceptors (Lipinski definition) is 2. The van der Waals surface area contributed by atoms with Gasteiger partial charge in [-0.2, -0.15) is 5.26 Å². The van der Waals surface area contributed by atoms with Crippen molar-refractivity contribution in [3.05, 3.63) is 29.6 Å². The van der Waals surface area contributed by atoms with Crippen LogP contribution in [0, 0.1) is 23.1 Å². The number of nitrogens with zero attached hydrogens (tertiary/aromatic N) is 1. The summed E-state index contributed by atoms with van der Waals surface area (Å²) < 4.78 is 12.9. The normalized spacial score (nSPS) is 9.93. The molecule has 1 N–H and O–H groups in total. The Morgan fingerprint density at radius 1 is 1.50 bits per heavy atom. The molecule has 0 spiro atoms. The zero-order valence-corrected chi connectivity index (χ0v) is 8.34. The number of hydrogen-bond donors (Lipinski definition) is 1. The average molecular weight is 192 g/mol. The summed E-state index contributed by atoms with van der Waals surface area (Å²) in [7, 11) is 0. The van der Waals surface area contributed by atoms with Crippen LogP contribution in [-0.2, 0) is 0 Å². The van der Waals surface area contributed by atoms with E-state index in [2.05, 4.69) is 19.2 Å². The fourth-order valence-electron chi connectivity index (χ4n) is 1.04. The van der Waals surface area contributed by atoms with Crippen LogP contribution in [0.1, 0.15) is 19.4 Å². The van der Waals surface area contributed by atoms with Crippen molar-refractivity contribution in [2.45, 2.75) is 13.8 Å². The van der Waals surface area contributed by atoms with Crippen molar-refractivity contribution in [1.82, 2.24) is 0 Å². The number of nitrogens with one attached hydrogen (secondary N) is 1. The lowest BCUT2D eigenvalue weighted by Crippen LogP contribution is -2.08. The summed E-state index contributed by atoms with van der Waals surface area (Å²) in [6.07, 6.45) is 0. The zero-order valence-electron chi connectivity index (χ0n) is 8.34. The Hall–Kier alpha value is -1.56. The van der Waals surface area contributed by atoms with Gasteiger partial charge in [-0.15, -0.1) is 0 Å². The summed E-state index contributed by atoms with van der Waals surface area (Å²) in [4.78, 5) is 0. The highest BCUT2D eigenvalue weighted by molar-refractivity contribution is 5.49. The van der Waals surface area contributed by atoms with Gasteiger partial charge in [0.15, 0.2) is 0 Å². The lowest BCUT2D eigenvalue weighted by Gasteiger charge is -2.08. The van der Waals surface area contributed by atoms with Gasteiger partial charge in [0, 0.05) is 12.2 Å². The van der Waals surface area contributed by atoms with E-state index in [-0.39, 0.29) is 5.56 Å². The molecule has 0 saturated heterocycles. The molecule has 0 aliphatic heterocycles. The number of anilines is 1. The quantitative estimate of drug-likeness (QED) is 0.799. The first-order chi connectivity index (χ1) is 6.63. The maximum atomic E-state index is 12.9. The van der Waals surface area contributed by atoms with Crippen LogP contribution < -0.4 is 5.32 Å². The summed E-state index contributed by atoms with van der Waals surface area (Å²) in [5, 5.41) is 11.7. The van der Waals surface area contributed by atoms with Crippen LogP contribution in [0.2, 0.25) is 0 Å². The molecule has 1 aromatic carbocycles. The minimum atomic E-state index is -0.470. The molecule has 14 heavy (non-hydrogen) atoms. The minimum absolute atomic E-state index is 0.0822. The van der Waals surface area contributed by atoms with E-state index in [1.807, 2.05) is 6.07 Å². The predicted octanol–water partition coefficient (Wildman–Crippen LogP) is 2.77. The van der Waals surface area contributed by atoms with Gasteiger partial charge in [-0.1, -0.05) is 13.8 Å². The molecule has 0 atom stereocenters. The first-order valence-corrected chi connectivity index (χ1v) is 4.57. The van der Waals surface area contributed by atoms with E-state index in [9.17, 15) is 4.39 Å². The van der Waals surface area contributed by atoms with Crippen LogP contribution in [0.15, 0.2) is 18.2 Å². The third-order valence-corrected chi connectivity index (χ3v) is 1.80. The summed E-state index contributed by atoms with van der Waals surface area (Å²) in [6, 6.07) is 6.28. The Kier molecular flexibility index (Phi) is 3.47. The molecule has 0 amide bonds. The van der Waals surface area contributed by atoms with Gasteiger partial charge in [-0.25, -0.2) is 4.39 Å². The largest absolute Gasteiger partial charge is 0.385 e. The van der Waals surface area contributed by atoms with Crippen molar-refractivity contribution in [3.63, 3.8) is 0 Å². The van der Waals surface area contributed by atoms with E-state index in [0.717, 1.165) is 12.2 Å². The van der Waals surface area contributed by atoms with Crippen molar-refractivity contribution < 1.29 is 4.39 Å².